The van der Waals surface area contributed by atoms with Crippen molar-refractivity contribution in [2.75, 3.05) is 10.6 Å². The van der Waals surface area contributed by atoms with Crippen molar-refractivity contribution in [3.8, 4) is 0 Å². The average molecular weight is 468 g/mol. The lowest BCUT2D eigenvalue weighted by Gasteiger charge is -2.30. The lowest BCUT2D eigenvalue weighted by atomic mass is 9.92. The molecule has 6 nitrogen and oxygen atoms in total. The molecule has 166 valence electrons. The molecule has 1 amide bonds. The minimum absolute atomic E-state index is 0.146. The molecule has 1 atom stereocenters. The molecule has 3 aromatic rings. The highest BCUT2D eigenvalue weighted by molar-refractivity contribution is 7.98. The molecule has 0 saturated carbocycles. The summed E-state index contributed by atoms with van der Waals surface area (Å²) < 4.78 is 1.84. The van der Waals surface area contributed by atoms with Gasteiger partial charge in [-0.25, -0.2) is 4.68 Å². The van der Waals surface area contributed by atoms with Gasteiger partial charge in [-0.2, -0.15) is 4.98 Å². The zero-order valence-electron chi connectivity index (χ0n) is 18.5. The van der Waals surface area contributed by atoms with Gasteiger partial charge in [-0.1, -0.05) is 67.0 Å². The van der Waals surface area contributed by atoms with Crippen molar-refractivity contribution in [1.29, 1.82) is 0 Å². The first-order valence-electron chi connectivity index (χ1n) is 10.5. The molecule has 1 aliphatic heterocycles. The Morgan fingerprint density at radius 2 is 1.97 bits per heavy atom. The minimum atomic E-state index is -0.223. The fourth-order valence-corrected chi connectivity index (χ4v) is 4.72. The summed E-state index contributed by atoms with van der Waals surface area (Å²) in [5.74, 6) is 1.43. The molecule has 1 aromatic heterocycles. The van der Waals surface area contributed by atoms with Gasteiger partial charge in [0.1, 0.15) is 0 Å². The predicted octanol–water partition coefficient (Wildman–Crippen LogP) is 6.07. The number of amides is 1. The number of nitrogens with zero attached hydrogens (tertiary/aromatic N) is 3. The van der Waals surface area contributed by atoms with Gasteiger partial charge in [0, 0.05) is 22.2 Å². The van der Waals surface area contributed by atoms with Crippen LogP contribution in [0.1, 0.15) is 37.9 Å². The summed E-state index contributed by atoms with van der Waals surface area (Å²) in [6.07, 6.45) is 0. The van der Waals surface area contributed by atoms with Crippen LogP contribution in [0.2, 0.25) is 5.02 Å². The highest BCUT2D eigenvalue weighted by atomic mass is 35.5. The standard InChI is InChI=1S/C24H26ClN5OS/c1-14(2)21-20(22(31)27-19-10-8-18(25)9-11-19)16(4)26-23-28-24(29-30(21)23)32-13-17-7-5-6-15(3)12-17/h5-12,14,21H,13H2,1-4H3,(H,27,31)(H,26,28,29)/t21-/m0/s1. The number of thioether (sulfide) groups is 1. The second-order valence-corrected chi connectivity index (χ2v) is 9.63. The zero-order chi connectivity index (χ0) is 22.8. The Hall–Kier alpha value is -2.77. The maximum Gasteiger partial charge on any atom is 0.255 e. The molecule has 2 N–H and O–H groups in total. The first-order valence-corrected chi connectivity index (χ1v) is 11.9. The molecular formula is C24H26ClN5OS. The van der Waals surface area contributed by atoms with Crippen LogP contribution in [0.4, 0.5) is 11.6 Å². The highest BCUT2D eigenvalue weighted by Crippen LogP contribution is 2.37. The van der Waals surface area contributed by atoms with Crippen molar-refractivity contribution in [2.24, 2.45) is 5.92 Å². The maximum atomic E-state index is 13.2. The van der Waals surface area contributed by atoms with E-state index in [0.717, 1.165) is 11.4 Å². The summed E-state index contributed by atoms with van der Waals surface area (Å²) in [6, 6.07) is 15.3. The molecule has 0 spiro atoms. The first kappa shape index (κ1) is 22.4. The summed E-state index contributed by atoms with van der Waals surface area (Å²) in [7, 11) is 0. The van der Waals surface area contributed by atoms with Crippen LogP contribution in [-0.2, 0) is 10.5 Å². The molecule has 0 aliphatic carbocycles. The number of aromatic nitrogens is 3. The van der Waals surface area contributed by atoms with E-state index in [1.165, 1.54) is 11.1 Å². The van der Waals surface area contributed by atoms with Gasteiger partial charge in [0.2, 0.25) is 11.1 Å². The van der Waals surface area contributed by atoms with Crippen LogP contribution < -0.4 is 10.6 Å². The number of carbonyl (C=O) groups is 1. The van der Waals surface area contributed by atoms with Crippen molar-refractivity contribution in [3.63, 3.8) is 0 Å². The van der Waals surface area contributed by atoms with Crippen LogP contribution in [0.3, 0.4) is 0 Å². The number of aryl methyl sites for hydroxylation is 1. The minimum Gasteiger partial charge on any atom is -0.328 e. The van der Waals surface area contributed by atoms with E-state index in [4.69, 9.17) is 16.7 Å². The van der Waals surface area contributed by atoms with Gasteiger partial charge < -0.3 is 10.6 Å². The van der Waals surface area contributed by atoms with E-state index in [-0.39, 0.29) is 17.9 Å². The Labute approximate surface area is 197 Å². The van der Waals surface area contributed by atoms with Gasteiger partial charge in [0.25, 0.3) is 5.91 Å². The van der Waals surface area contributed by atoms with E-state index in [1.807, 2.05) is 11.6 Å². The van der Waals surface area contributed by atoms with Gasteiger partial charge in [-0.15, -0.1) is 5.10 Å². The van der Waals surface area contributed by atoms with Crippen LogP contribution in [0, 0.1) is 12.8 Å². The quantitative estimate of drug-likeness (QED) is 0.430. The molecule has 32 heavy (non-hydrogen) atoms. The highest BCUT2D eigenvalue weighted by Gasteiger charge is 2.35. The van der Waals surface area contributed by atoms with E-state index in [1.54, 1.807) is 36.0 Å². The summed E-state index contributed by atoms with van der Waals surface area (Å²) in [6.45, 7) is 8.17. The molecule has 4 rings (SSSR count). The number of nitrogens with one attached hydrogen (secondary N) is 2. The number of anilines is 2. The zero-order valence-corrected chi connectivity index (χ0v) is 20.1. The van der Waals surface area contributed by atoms with Crippen LogP contribution in [0.25, 0.3) is 0 Å². The van der Waals surface area contributed by atoms with E-state index >= 15 is 0 Å². The summed E-state index contributed by atoms with van der Waals surface area (Å²) in [4.78, 5) is 17.9. The number of benzene rings is 2. The number of halogens is 1. The van der Waals surface area contributed by atoms with Gasteiger partial charge in [-0.3, -0.25) is 4.79 Å². The molecule has 8 heteroatoms. The number of rotatable bonds is 6. The Morgan fingerprint density at radius 3 is 2.66 bits per heavy atom. The Morgan fingerprint density at radius 1 is 1.22 bits per heavy atom. The van der Waals surface area contributed by atoms with Gasteiger partial charge in [0.15, 0.2) is 0 Å². The largest absolute Gasteiger partial charge is 0.328 e. The average Bonchev–Trinajstić information content (AvgIpc) is 3.15. The summed E-state index contributed by atoms with van der Waals surface area (Å²) in [5.41, 5.74) is 4.60. The Kier molecular flexibility index (Phi) is 6.58. The third-order valence-corrected chi connectivity index (χ3v) is 6.46. The van der Waals surface area contributed by atoms with Crippen molar-refractivity contribution >= 4 is 40.9 Å². The number of fused-ring (bicyclic) bond motifs is 1. The SMILES string of the molecule is CC1=C(C(=O)Nc2ccc(Cl)cc2)[C@H](C(C)C)n2nc(SCc3cccc(C)c3)nc2N1. The summed E-state index contributed by atoms with van der Waals surface area (Å²) >= 11 is 7.55. The number of hydrogen-bond acceptors (Lipinski definition) is 5. The van der Waals surface area contributed by atoms with Gasteiger partial charge >= 0.3 is 0 Å². The van der Waals surface area contributed by atoms with Crippen LogP contribution in [0.15, 0.2) is 65.0 Å². The molecule has 1 aliphatic rings. The maximum absolute atomic E-state index is 13.2. The van der Waals surface area contributed by atoms with Crippen LogP contribution >= 0.6 is 23.4 Å². The molecule has 0 unspecified atom stereocenters. The molecule has 2 heterocycles. The topological polar surface area (TPSA) is 71.8 Å². The number of allylic oxidation sites excluding steroid dienone is 1. The second kappa shape index (κ2) is 9.38. The molecule has 0 fully saturated rings. The van der Waals surface area contributed by atoms with Crippen LogP contribution in [-0.4, -0.2) is 20.7 Å². The third-order valence-electron chi connectivity index (χ3n) is 5.30. The van der Waals surface area contributed by atoms with Crippen molar-refractivity contribution in [1.82, 2.24) is 14.8 Å². The van der Waals surface area contributed by atoms with E-state index in [0.29, 0.717) is 27.4 Å². The molecule has 0 radical (unpaired) electrons. The van der Waals surface area contributed by atoms with Crippen molar-refractivity contribution < 1.29 is 4.79 Å². The smallest absolute Gasteiger partial charge is 0.255 e. The lowest BCUT2D eigenvalue weighted by Crippen LogP contribution is -2.33. The fraction of sp³-hybridized carbons (Fsp3) is 0.292. The Bertz CT molecular complexity index is 1170. The summed E-state index contributed by atoms with van der Waals surface area (Å²) in [5, 5.41) is 12.3. The fourth-order valence-electron chi connectivity index (χ4n) is 3.82. The molecule has 2 aromatic carbocycles. The lowest BCUT2D eigenvalue weighted by molar-refractivity contribution is -0.113. The van der Waals surface area contributed by atoms with Gasteiger partial charge in [0.05, 0.1) is 11.6 Å². The number of hydrogen-bond donors (Lipinski definition) is 2. The van der Waals surface area contributed by atoms with Crippen LogP contribution in [0.5, 0.6) is 0 Å². The van der Waals surface area contributed by atoms with Gasteiger partial charge in [-0.05, 0) is 49.6 Å². The second-order valence-electron chi connectivity index (χ2n) is 8.25. The van der Waals surface area contributed by atoms with E-state index in [2.05, 4.69) is 60.7 Å². The van der Waals surface area contributed by atoms with E-state index in [9.17, 15) is 4.79 Å². The van der Waals surface area contributed by atoms with Crippen molar-refractivity contribution in [2.45, 2.75) is 44.6 Å². The molecular weight excluding hydrogens is 442 g/mol. The molecule has 0 bridgehead atoms. The number of carbonyl (C=O) groups excluding carboxylic acids is 1. The predicted molar refractivity (Wildman–Crippen MR) is 131 cm³/mol. The normalized spacial score (nSPS) is 15.5. The molecule has 0 saturated heterocycles. The van der Waals surface area contributed by atoms with Crippen molar-refractivity contribution in [3.05, 3.63) is 76.0 Å². The van der Waals surface area contributed by atoms with E-state index < -0.39 is 0 Å². The Balaban J connectivity index is 1.56. The monoisotopic (exact) mass is 467 g/mol. The third kappa shape index (κ3) is 4.84. The first-order chi connectivity index (χ1) is 15.3.